The standard InChI is InChI=1S/C14H15NO2/c1-2-5-13(16)15-12-9-8-10-6-3-4-7-11(10)14(12)17/h3-4,6-9,17H,2,5H2,1H3,(H,15,16). The van der Waals surface area contributed by atoms with Gasteiger partial charge in [0.25, 0.3) is 0 Å². The predicted molar refractivity (Wildman–Crippen MR) is 69.2 cm³/mol. The summed E-state index contributed by atoms with van der Waals surface area (Å²) in [7, 11) is 0. The molecule has 1 amide bonds. The molecule has 0 saturated carbocycles. The van der Waals surface area contributed by atoms with Gasteiger partial charge in [0.2, 0.25) is 5.91 Å². The van der Waals surface area contributed by atoms with Crippen LogP contribution in [0.5, 0.6) is 5.75 Å². The largest absolute Gasteiger partial charge is 0.505 e. The summed E-state index contributed by atoms with van der Waals surface area (Å²) < 4.78 is 0. The molecule has 0 atom stereocenters. The normalized spacial score (nSPS) is 10.4. The molecule has 0 heterocycles. The van der Waals surface area contributed by atoms with E-state index >= 15 is 0 Å². The Hall–Kier alpha value is -2.03. The lowest BCUT2D eigenvalue weighted by Gasteiger charge is -2.09. The molecule has 0 aliphatic carbocycles. The van der Waals surface area contributed by atoms with Crippen molar-refractivity contribution in [2.24, 2.45) is 0 Å². The first-order valence-corrected chi connectivity index (χ1v) is 5.73. The minimum Gasteiger partial charge on any atom is -0.505 e. The molecule has 3 heteroatoms. The van der Waals surface area contributed by atoms with E-state index < -0.39 is 0 Å². The minimum absolute atomic E-state index is 0.0712. The number of phenols is 1. The summed E-state index contributed by atoms with van der Waals surface area (Å²) in [5.74, 6) is 0.0608. The first kappa shape index (κ1) is 11.5. The molecule has 0 aliphatic rings. The molecule has 0 radical (unpaired) electrons. The molecule has 2 rings (SSSR count). The van der Waals surface area contributed by atoms with Crippen molar-refractivity contribution < 1.29 is 9.90 Å². The highest BCUT2D eigenvalue weighted by atomic mass is 16.3. The van der Waals surface area contributed by atoms with Gasteiger partial charge in [0.1, 0.15) is 5.75 Å². The molecular formula is C14H15NO2. The van der Waals surface area contributed by atoms with Crippen molar-refractivity contribution in [2.75, 3.05) is 5.32 Å². The molecule has 0 aliphatic heterocycles. The minimum atomic E-state index is -0.0712. The Kier molecular flexibility index (Phi) is 3.28. The second-order valence-electron chi connectivity index (χ2n) is 3.98. The van der Waals surface area contributed by atoms with Gasteiger partial charge >= 0.3 is 0 Å². The van der Waals surface area contributed by atoms with Crippen molar-refractivity contribution in [2.45, 2.75) is 19.8 Å². The van der Waals surface area contributed by atoms with Crippen molar-refractivity contribution in [1.82, 2.24) is 0 Å². The van der Waals surface area contributed by atoms with Crippen LogP contribution in [0.3, 0.4) is 0 Å². The number of fused-ring (bicyclic) bond motifs is 1. The first-order valence-electron chi connectivity index (χ1n) is 5.73. The summed E-state index contributed by atoms with van der Waals surface area (Å²) in [5, 5.41) is 14.5. The third-order valence-corrected chi connectivity index (χ3v) is 2.65. The zero-order valence-corrected chi connectivity index (χ0v) is 9.73. The molecule has 3 nitrogen and oxygen atoms in total. The summed E-state index contributed by atoms with van der Waals surface area (Å²) in [4.78, 5) is 11.5. The zero-order valence-electron chi connectivity index (χ0n) is 9.73. The molecule has 0 spiro atoms. The molecule has 0 saturated heterocycles. The van der Waals surface area contributed by atoms with Gasteiger partial charge in [-0.2, -0.15) is 0 Å². The highest BCUT2D eigenvalue weighted by Gasteiger charge is 2.08. The van der Waals surface area contributed by atoms with Crippen LogP contribution in [0, 0.1) is 0 Å². The third-order valence-electron chi connectivity index (χ3n) is 2.65. The highest BCUT2D eigenvalue weighted by Crippen LogP contribution is 2.32. The van der Waals surface area contributed by atoms with E-state index in [1.54, 1.807) is 6.07 Å². The fourth-order valence-electron chi connectivity index (χ4n) is 1.80. The highest BCUT2D eigenvalue weighted by molar-refractivity contribution is 5.99. The quantitative estimate of drug-likeness (QED) is 0.793. The van der Waals surface area contributed by atoms with Crippen LogP contribution in [0.15, 0.2) is 36.4 Å². The molecule has 17 heavy (non-hydrogen) atoms. The predicted octanol–water partition coefficient (Wildman–Crippen LogP) is 3.28. The van der Waals surface area contributed by atoms with Crippen molar-refractivity contribution in [3.8, 4) is 5.75 Å². The number of carbonyl (C=O) groups excluding carboxylic acids is 1. The van der Waals surface area contributed by atoms with Crippen molar-refractivity contribution in [3.63, 3.8) is 0 Å². The lowest BCUT2D eigenvalue weighted by atomic mass is 10.1. The molecule has 0 unspecified atom stereocenters. The number of rotatable bonds is 3. The fraction of sp³-hybridized carbons (Fsp3) is 0.214. The van der Waals surface area contributed by atoms with Crippen LogP contribution in [0.25, 0.3) is 10.8 Å². The molecule has 2 N–H and O–H groups in total. The Morgan fingerprint density at radius 3 is 2.76 bits per heavy atom. The second kappa shape index (κ2) is 4.87. The van der Waals surface area contributed by atoms with E-state index in [1.807, 2.05) is 37.3 Å². The Morgan fingerprint density at radius 2 is 2.00 bits per heavy atom. The van der Waals surface area contributed by atoms with E-state index in [9.17, 15) is 9.90 Å². The molecule has 0 aromatic heterocycles. The van der Waals surface area contributed by atoms with E-state index in [1.165, 1.54) is 0 Å². The van der Waals surface area contributed by atoms with Gasteiger partial charge in [-0.3, -0.25) is 4.79 Å². The first-order chi connectivity index (χ1) is 8.22. The SMILES string of the molecule is CCCC(=O)Nc1ccc2ccccc2c1O. The van der Waals surface area contributed by atoms with Crippen LogP contribution >= 0.6 is 0 Å². The topological polar surface area (TPSA) is 49.3 Å². The Balaban J connectivity index is 2.36. The number of carbonyl (C=O) groups is 1. The maximum absolute atomic E-state index is 11.5. The lowest BCUT2D eigenvalue weighted by Crippen LogP contribution is -2.10. The number of benzene rings is 2. The summed E-state index contributed by atoms with van der Waals surface area (Å²) in [5.41, 5.74) is 0.474. The van der Waals surface area contributed by atoms with E-state index in [-0.39, 0.29) is 11.7 Å². The van der Waals surface area contributed by atoms with Crippen LogP contribution in [0.2, 0.25) is 0 Å². The summed E-state index contributed by atoms with van der Waals surface area (Å²) >= 11 is 0. The van der Waals surface area contributed by atoms with E-state index in [2.05, 4.69) is 5.32 Å². The van der Waals surface area contributed by atoms with Gasteiger partial charge in [0.15, 0.2) is 0 Å². The molecule has 2 aromatic rings. The Bertz CT molecular complexity index is 549. The average Bonchev–Trinajstić information content (AvgIpc) is 2.33. The van der Waals surface area contributed by atoms with Crippen molar-refractivity contribution in [1.29, 1.82) is 0 Å². The van der Waals surface area contributed by atoms with Crippen molar-refractivity contribution >= 4 is 22.4 Å². The van der Waals surface area contributed by atoms with Gasteiger partial charge in [-0.25, -0.2) is 0 Å². The molecular weight excluding hydrogens is 214 g/mol. The lowest BCUT2D eigenvalue weighted by molar-refractivity contribution is -0.116. The monoisotopic (exact) mass is 229 g/mol. The number of aromatic hydroxyl groups is 1. The van der Waals surface area contributed by atoms with Gasteiger partial charge in [0, 0.05) is 11.8 Å². The van der Waals surface area contributed by atoms with Crippen LogP contribution < -0.4 is 5.32 Å². The number of nitrogens with one attached hydrogen (secondary N) is 1. The van der Waals surface area contributed by atoms with Crippen LogP contribution in [-0.4, -0.2) is 11.0 Å². The fourth-order valence-corrected chi connectivity index (χ4v) is 1.80. The van der Waals surface area contributed by atoms with E-state index in [0.29, 0.717) is 12.1 Å². The Morgan fingerprint density at radius 1 is 1.24 bits per heavy atom. The van der Waals surface area contributed by atoms with Crippen LogP contribution in [-0.2, 0) is 4.79 Å². The summed E-state index contributed by atoms with van der Waals surface area (Å²) in [6.45, 7) is 1.94. The van der Waals surface area contributed by atoms with E-state index in [0.717, 1.165) is 17.2 Å². The number of amides is 1. The Labute approximate surface area is 100 Å². The van der Waals surface area contributed by atoms with Gasteiger partial charge in [-0.05, 0) is 17.9 Å². The smallest absolute Gasteiger partial charge is 0.224 e. The average molecular weight is 229 g/mol. The number of phenolic OH excluding ortho intramolecular Hbond substituents is 1. The van der Waals surface area contributed by atoms with E-state index in [4.69, 9.17) is 0 Å². The van der Waals surface area contributed by atoms with Crippen molar-refractivity contribution in [3.05, 3.63) is 36.4 Å². The third kappa shape index (κ3) is 2.38. The van der Waals surface area contributed by atoms with Gasteiger partial charge < -0.3 is 10.4 Å². The molecule has 0 bridgehead atoms. The number of hydrogen-bond acceptors (Lipinski definition) is 2. The van der Waals surface area contributed by atoms with Gasteiger partial charge in [-0.1, -0.05) is 37.3 Å². The van der Waals surface area contributed by atoms with Crippen LogP contribution in [0.4, 0.5) is 5.69 Å². The molecule has 2 aromatic carbocycles. The summed E-state index contributed by atoms with van der Waals surface area (Å²) in [6.07, 6.45) is 1.26. The molecule has 0 fully saturated rings. The maximum Gasteiger partial charge on any atom is 0.224 e. The van der Waals surface area contributed by atoms with Crippen LogP contribution in [0.1, 0.15) is 19.8 Å². The maximum atomic E-state index is 11.5. The number of hydrogen-bond donors (Lipinski definition) is 2. The second-order valence-corrected chi connectivity index (χ2v) is 3.98. The zero-order chi connectivity index (χ0) is 12.3. The van der Waals surface area contributed by atoms with Gasteiger partial charge in [0.05, 0.1) is 5.69 Å². The molecule has 88 valence electrons. The van der Waals surface area contributed by atoms with Gasteiger partial charge in [-0.15, -0.1) is 0 Å². The number of anilines is 1. The summed E-state index contributed by atoms with van der Waals surface area (Å²) in [6, 6.07) is 11.1.